The molecule has 0 unspecified atom stereocenters. The van der Waals surface area contributed by atoms with Crippen molar-refractivity contribution in [2.24, 2.45) is 0 Å². The molecule has 0 radical (unpaired) electrons. The molecule has 3 heteroatoms. The van der Waals surface area contributed by atoms with Crippen molar-refractivity contribution in [2.45, 2.75) is 12.8 Å². The molecule has 0 aromatic heterocycles. The van der Waals surface area contributed by atoms with Crippen LogP contribution in [0.5, 0.6) is 0 Å². The minimum Gasteiger partial charge on any atom is -0.347 e. The molecule has 24 heavy (non-hydrogen) atoms. The number of hydrogen-bond acceptors (Lipinski definition) is 3. The number of hydrogen-bond donors (Lipinski definition) is 0. The summed E-state index contributed by atoms with van der Waals surface area (Å²) in [5.74, 6) is -0.274. The fraction of sp³-hybridized carbons (Fsp3) is 0.143. The first-order valence-electron chi connectivity index (χ1n) is 7.93. The lowest BCUT2D eigenvalue weighted by Gasteiger charge is -2.33. The minimum atomic E-state index is -0.303. The number of Topliss-reactive ketones (excluding diaryl/α,β-unsaturated/α-hetero) is 1. The van der Waals surface area contributed by atoms with E-state index in [0.29, 0.717) is 11.1 Å². The van der Waals surface area contributed by atoms with Crippen LogP contribution in [0.15, 0.2) is 71.4 Å². The standard InChI is InChI=1S/C21H16N2O/c1-13-17(12-22)18(14-8-4-3-5-9-14)19-20(23(13)2)15-10-6-7-11-16(15)21(19)24/h3-11,18H,1-2H3/t18-/m1/s1. The molecule has 0 saturated carbocycles. The van der Waals surface area contributed by atoms with E-state index in [1.807, 2.05) is 73.5 Å². The molecule has 2 aliphatic rings. The van der Waals surface area contributed by atoms with Gasteiger partial charge in [-0.05, 0) is 12.5 Å². The average Bonchev–Trinajstić information content (AvgIpc) is 2.92. The topological polar surface area (TPSA) is 44.1 Å². The van der Waals surface area contributed by atoms with E-state index in [1.54, 1.807) is 0 Å². The number of benzene rings is 2. The zero-order valence-corrected chi connectivity index (χ0v) is 13.6. The summed E-state index contributed by atoms with van der Waals surface area (Å²) in [5, 5.41) is 9.77. The SMILES string of the molecule is CC1=C(C#N)[C@@H](c2ccccc2)C2=C(c3ccccc3C2=O)N1C. The van der Waals surface area contributed by atoms with Crippen molar-refractivity contribution in [3.63, 3.8) is 0 Å². The molecule has 1 heterocycles. The van der Waals surface area contributed by atoms with Gasteiger partial charge in [-0.15, -0.1) is 0 Å². The Labute approximate surface area is 141 Å². The van der Waals surface area contributed by atoms with Crippen molar-refractivity contribution >= 4 is 11.5 Å². The highest BCUT2D eigenvalue weighted by Gasteiger charge is 2.42. The summed E-state index contributed by atoms with van der Waals surface area (Å²) in [6.07, 6.45) is 0. The summed E-state index contributed by atoms with van der Waals surface area (Å²) in [6, 6.07) is 19.9. The fourth-order valence-corrected chi connectivity index (χ4v) is 3.74. The van der Waals surface area contributed by atoms with Gasteiger partial charge in [-0.1, -0.05) is 54.6 Å². The van der Waals surface area contributed by atoms with Gasteiger partial charge < -0.3 is 4.90 Å². The summed E-state index contributed by atoms with van der Waals surface area (Å²) >= 11 is 0. The molecule has 1 atom stereocenters. The van der Waals surface area contributed by atoms with Crippen LogP contribution in [0.2, 0.25) is 0 Å². The van der Waals surface area contributed by atoms with Gasteiger partial charge in [0.15, 0.2) is 5.78 Å². The van der Waals surface area contributed by atoms with Crippen LogP contribution in [0.25, 0.3) is 5.70 Å². The van der Waals surface area contributed by atoms with Gasteiger partial charge in [0, 0.05) is 29.4 Å². The molecule has 0 fully saturated rings. The Morgan fingerprint density at radius 1 is 1.00 bits per heavy atom. The lowest BCUT2D eigenvalue weighted by Crippen LogP contribution is -2.26. The van der Waals surface area contributed by atoms with E-state index in [4.69, 9.17) is 0 Å². The van der Waals surface area contributed by atoms with Crippen LogP contribution in [-0.2, 0) is 0 Å². The molecule has 0 N–H and O–H groups in total. The summed E-state index contributed by atoms with van der Waals surface area (Å²) < 4.78 is 0. The van der Waals surface area contributed by atoms with Gasteiger partial charge in [0.05, 0.1) is 23.3 Å². The Morgan fingerprint density at radius 3 is 2.29 bits per heavy atom. The van der Waals surface area contributed by atoms with Crippen LogP contribution < -0.4 is 0 Å². The minimum absolute atomic E-state index is 0.0292. The maximum absolute atomic E-state index is 13.1. The van der Waals surface area contributed by atoms with E-state index in [0.717, 1.165) is 28.1 Å². The average molecular weight is 312 g/mol. The Hall–Kier alpha value is -3.12. The number of fused-ring (bicyclic) bond motifs is 2. The highest BCUT2D eigenvalue weighted by molar-refractivity contribution is 6.22. The quantitative estimate of drug-likeness (QED) is 0.795. The number of ketones is 1. The first-order valence-corrected chi connectivity index (χ1v) is 7.93. The first-order chi connectivity index (χ1) is 11.6. The molecule has 1 aliphatic carbocycles. The molecular formula is C21H16N2O. The molecule has 0 saturated heterocycles. The van der Waals surface area contributed by atoms with Crippen molar-refractivity contribution in [2.75, 3.05) is 7.05 Å². The lowest BCUT2D eigenvalue weighted by atomic mass is 9.80. The number of rotatable bonds is 1. The van der Waals surface area contributed by atoms with E-state index in [9.17, 15) is 10.1 Å². The summed E-state index contributed by atoms with van der Waals surface area (Å²) in [5.41, 5.74) is 5.85. The Balaban J connectivity index is 2.02. The smallest absolute Gasteiger partial charge is 0.192 e. The normalized spacial score (nSPS) is 19.3. The van der Waals surface area contributed by atoms with Gasteiger partial charge in [-0.25, -0.2) is 0 Å². The van der Waals surface area contributed by atoms with Crippen LogP contribution in [-0.4, -0.2) is 17.7 Å². The summed E-state index contributed by atoms with van der Waals surface area (Å²) in [7, 11) is 1.93. The monoisotopic (exact) mass is 312 g/mol. The van der Waals surface area contributed by atoms with Gasteiger partial charge in [-0.3, -0.25) is 4.79 Å². The van der Waals surface area contributed by atoms with E-state index >= 15 is 0 Å². The maximum Gasteiger partial charge on any atom is 0.192 e. The molecule has 1 aliphatic heterocycles. The number of nitriles is 1. The molecule has 116 valence electrons. The third-order valence-electron chi connectivity index (χ3n) is 4.99. The zero-order valence-electron chi connectivity index (χ0n) is 13.6. The van der Waals surface area contributed by atoms with Crippen molar-refractivity contribution in [3.8, 4) is 6.07 Å². The molecule has 0 bridgehead atoms. The Kier molecular flexibility index (Phi) is 3.14. The van der Waals surface area contributed by atoms with Crippen LogP contribution in [0, 0.1) is 11.3 Å². The van der Waals surface area contributed by atoms with E-state index in [2.05, 4.69) is 6.07 Å². The Bertz CT molecular complexity index is 961. The van der Waals surface area contributed by atoms with E-state index < -0.39 is 0 Å². The van der Waals surface area contributed by atoms with Crippen molar-refractivity contribution in [3.05, 3.63) is 88.1 Å². The molecule has 2 aromatic carbocycles. The molecule has 0 spiro atoms. The highest BCUT2D eigenvalue weighted by atomic mass is 16.1. The molecular weight excluding hydrogens is 296 g/mol. The lowest BCUT2D eigenvalue weighted by molar-refractivity contribution is 0.103. The number of allylic oxidation sites excluding steroid dienone is 3. The second-order valence-electron chi connectivity index (χ2n) is 6.15. The fourth-order valence-electron chi connectivity index (χ4n) is 3.74. The third kappa shape index (κ3) is 1.80. The predicted octanol–water partition coefficient (Wildman–Crippen LogP) is 4.12. The molecule has 0 amide bonds. The van der Waals surface area contributed by atoms with E-state index in [-0.39, 0.29) is 11.7 Å². The summed E-state index contributed by atoms with van der Waals surface area (Å²) in [6.45, 7) is 1.95. The van der Waals surface area contributed by atoms with Crippen LogP contribution in [0.3, 0.4) is 0 Å². The second kappa shape index (κ2) is 5.21. The first kappa shape index (κ1) is 14.5. The third-order valence-corrected chi connectivity index (χ3v) is 4.99. The zero-order chi connectivity index (χ0) is 16.8. The molecule has 2 aromatic rings. The Morgan fingerprint density at radius 2 is 1.62 bits per heavy atom. The predicted molar refractivity (Wildman–Crippen MR) is 93.0 cm³/mol. The molecule has 4 rings (SSSR count). The maximum atomic E-state index is 13.1. The van der Waals surface area contributed by atoms with Crippen LogP contribution in [0.1, 0.15) is 34.3 Å². The molecule has 3 nitrogen and oxygen atoms in total. The number of carbonyl (C=O) groups excluding carboxylic acids is 1. The second-order valence-corrected chi connectivity index (χ2v) is 6.15. The van der Waals surface area contributed by atoms with Gasteiger partial charge in [0.2, 0.25) is 0 Å². The van der Waals surface area contributed by atoms with Gasteiger partial charge in [0.1, 0.15) is 0 Å². The van der Waals surface area contributed by atoms with Crippen LogP contribution >= 0.6 is 0 Å². The van der Waals surface area contributed by atoms with Crippen molar-refractivity contribution < 1.29 is 4.79 Å². The van der Waals surface area contributed by atoms with Gasteiger partial charge in [0.25, 0.3) is 0 Å². The van der Waals surface area contributed by atoms with Crippen molar-refractivity contribution in [1.82, 2.24) is 4.90 Å². The van der Waals surface area contributed by atoms with Gasteiger partial charge in [-0.2, -0.15) is 5.26 Å². The van der Waals surface area contributed by atoms with Crippen LogP contribution in [0.4, 0.5) is 0 Å². The highest BCUT2D eigenvalue weighted by Crippen LogP contribution is 2.49. The van der Waals surface area contributed by atoms with Gasteiger partial charge >= 0.3 is 0 Å². The van der Waals surface area contributed by atoms with Crippen molar-refractivity contribution in [1.29, 1.82) is 5.26 Å². The number of carbonyl (C=O) groups is 1. The number of nitrogens with zero attached hydrogens (tertiary/aromatic N) is 2. The largest absolute Gasteiger partial charge is 0.347 e. The summed E-state index contributed by atoms with van der Waals surface area (Å²) in [4.78, 5) is 15.1. The van der Waals surface area contributed by atoms with E-state index in [1.165, 1.54) is 0 Å².